The molecule has 0 saturated heterocycles. The van der Waals surface area contributed by atoms with Crippen molar-refractivity contribution in [2.75, 3.05) is 19.5 Å². The van der Waals surface area contributed by atoms with Gasteiger partial charge in [0.15, 0.2) is 0 Å². The number of hydrogen-bond donors (Lipinski definition) is 2. The summed E-state index contributed by atoms with van der Waals surface area (Å²) in [5.41, 5.74) is 2.38. The standard InChI is InChI=1S/C23H26N4O4S/c1-13(2)19(24-20(28)17-11-10-16(30-4)12-18(17)31-5)21(29)25-23-27-26-22(32-23)15-8-6-14(3)7-9-15/h6-13,19H,1-5H3,(H,24,28)(H,25,27,29). The highest BCUT2D eigenvalue weighted by Gasteiger charge is 2.27. The van der Waals surface area contributed by atoms with Crippen molar-refractivity contribution in [2.24, 2.45) is 5.92 Å². The summed E-state index contributed by atoms with van der Waals surface area (Å²) in [5, 5.41) is 14.9. The Morgan fingerprint density at radius 3 is 2.34 bits per heavy atom. The predicted molar refractivity (Wildman–Crippen MR) is 124 cm³/mol. The number of methoxy groups -OCH3 is 2. The van der Waals surface area contributed by atoms with Crippen LogP contribution in [0.1, 0.15) is 29.8 Å². The van der Waals surface area contributed by atoms with E-state index in [1.54, 1.807) is 18.2 Å². The van der Waals surface area contributed by atoms with Crippen molar-refractivity contribution in [3.05, 3.63) is 53.6 Å². The van der Waals surface area contributed by atoms with Gasteiger partial charge in [0.2, 0.25) is 11.0 Å². The lowest BCUT2D eigenvalue weighted by Gasteiger charge is -2.21. The van der Waals surface area contributed by atoms with Gasteiger partial charge in [-0.25, -0.2) is 0 Å². The molecule has 0 bridgehead atoms. The van der Waals surface area contributed by atoms with E-state index in [1.165, 1.54) is 25.6 Å². The first kappa shape index (κ1) is 23.2. The SMILES string of the molecule is COc1ccc(C(=O)NC(C(=O)Nc2nnc(-c3ccc(C)cc3)s2)C(C)C)c(OC)c1. The lowest BCUT2D eigenvalue weighted by Crippen LogP contribution is -2.47. The molecule has 0 aliphatic heterocycles. The third-order valence-corrected chi connectivity index (χ3v) is 5.73. The highest BCUT2D eigenvalue weighted by molar-refractivity contribution is 7.18. The zero-order valence-corrected chi connectivity index (χ0v) is 19.4. The molecule has 2 amide bonds. The fourth-order valence-corrected chi connectivity index (χ4v) is 3.76. The van der Waals surface area contributed by atoms with Gasteiger partial charge in [-0.3, -0.25) is 14.9 Å². The predicted octanol–water partition coefficient (Wildman–Crippen LogP) is 3.92. The van der Waals surface area contributed by atoms with Crippen molar-refractivity contribution in [1.82, 2.24) is 15.5 Å². The van der Waals surface area contributed by atoms with Crippen LogP contribution in [0.3, 0.4) is 0 Å². The van der Waals surface area contributed by atoms with Gasteiger partial charge < -0.3 is 14.8 Å². The molecule has 2 aromatic carbocycles. The maximum atomic E-state index is 12.9. The Labute approximate surface area is 191 Å². The quantitative estimate of drug-likeness (QED) is 0.535. The Morgan fingerprint density at radius 2 is 1.72 bits per heavy atom. The average molecular weight is 455 g/mol. The van der Waals surface area contributed by atoms with Crippen LogP contribution in [0.15, 0.2) is 42.5 Å². The van der Waals surface area contributed by atoms with E-state index in [2.05, 4.69) is 20.8 Å². The van der Waals surface area contributed by atoms with Crippen LogP contribution in [0, 0.1) is 12.8 Å². The minimum absolute atomic E-state index is 0.160. The van der Waals surface area contributed by atoms with E-state index >= 15 is 0 Å². The molecule has 3 rings (SSSR count). The number of ether oxygens (including phenoxy) is 2. The van der Waals surface area contributed by atoms with Gasteiger partial charge in [-0.1, -0.05) is 55.0 Å². The number of aryl methyl sites for hydroxylation is 1. The van der Waals surface area contributed by atoms with Crippen molar-refractivity contribution in [3.8, 4) is 22.1 Å². The highest BCUT2D eigenvalue weighted by Crippen LogP contribution is 2.27. The molecule has 8 nitrogen and oxygen atoms in total. The van der Waals surface area contributed by atoms with Gasteiger partial charge in [0.05, 0.1) is 19.8 Å². The minimum atomic E-state index is -0.777. The molecule has 32 heavy (non-hydrogen) atoms. The number of nitrogens with zero attached hydrogens (tertiary/aromatic N) is 2. The number of rotatable bonds is 8. The maximum Gasteiger partial charge on any atom is 0.255 e. The minimum Gasteiger partial charge on any atom is -0.497 e. The third-order valence-electron chi connectivity index (χ3n) is 4.84. The molecule has 1 heterocycles. The van der Waals surface area contributed by atoms with E-state index in [0.29, 0.717) is 27.2 Å². The first-order valence-electron chi connectivity index (χ1n) is 10.1. The van der Waals surface area contributed by atoms with Gasteiger partial charge in [0, 0.05) is 11.6 Å². The van der Waals surface area contributed by atoms with E-state index in [4.69, 9.17) is 9.47 Å². The lowest BCUT2D eigenvalue weighted by molar-refractivity contribution is -0.118. The van der Waals surface area contributed by atoms with Crippen molar-refractivity contribution >= 4 is 28.3 Å². The van der Waals surface area contributed by atoms with E-state index in [9.17, 15) is 9.59 Å². The van der Waals surface area contributed by atoms with Crippen LogP contribution in [0.25, 0.3) is 10.6 Å². The molecule has 168 valence electrons. The number of amides is 2. The Hall–Kier alpha value is -3.46. The second-order valence-electron chi connectivity index (χ2n) is 7.53. The largest absolute Gasteiger partial charge is 0.497 e. The Kier molecular flexibility index (Phi) is 7.42. The van der Waals surface area contributed by atoms with E-state index < -0.39 is 11.9 Å². The van der Waals surface area contributed by atoms with Gasteiger partial charge in [-0.05, 0) is 25.0 Å². The molecule has 0 fully saturated rings. The highest BCUT2D eigenvalue weighted by atomic mass is 32.1. The van der Waals surface area contributed by atoms with Crippen molar-refractivity contribution < 1.29 is 19.1 Å². The summed E-state index contributed by atoms with van der Waals surface area (Å²) >= 11 is 1.27. The molecule has 9 heteroatoms. The molecule has 0 aliphatic carbocycles. The summed E-state index contributed by atoms with van der Waals surface area (Å²) in [6.45, 7) is 5.72. The molecule has 0 aliphatic rings. The normalized spacial score (nSPS) is 11.7. The molecule has 1 unspecified atom stereocenters. The van der Waals surface area contributed by atoms with E-state index in [-0.39, 0.29) is 11.8 Å². The summed E-state index contributed by atoms with van der Waals surface area (Å²) < 4.78 is 10.5. The Morgan fingerprint density at radius 1 is 1.00 bits per heavy atom. The van der Waals surface area contributed by atoms with Crippen LogP contribution >= 0.6 is 11.3 Å². The van der Waals surface area contributed by atoms with E-state index in [1.807, 2.05) is 45.0 Å². The van der Waals surface area contributed by atoms with Gasteiger partial charge in [-0.2, -0.15) is 0 Å². The molecular weight excluding hydrogens is 428 g/mol. The summed E-state index contributed by atoms with van der Waals surface area (Å²) in [7, 11) is 3.00. The Balaban J connectivity index is 1.73. The first-order chi connectivity index (χ1) is 15.3. The van der Waals surface area contributed by atoms with Crippen LogP contribution < -0.4 is 20.1 Å². The molecule has 0 radical (unpaired) electrons. The third kappa shape index (κ3) is 5.42. The number of hydrogen-bond acceptors (Lipinski definition) is 7. The molecule has 0 spiro atoms. The second-order valence-corrected chi connectivity index (χ2v) is 8.51. The summed E-state index contributed by atoms with van der Waals surface area (Å²) in [6, 6.07) is 12.0. The molecule has 0 saturated carbocycles. The van der Waals surface area contributed by atoms with Gasteiger partial charge >= 0.3 is 0 Å². The summed E-state index contributed by atoms with van der Waals surface area (Å²) in [4.78, 5) is 25.8. The van der Waals surface area contributed by atoms with Crippen LogP contribution in [-0.2, 0) is 4.79 Å². The summed E-state index contributed by atoms with van der Waals surface area (Å²) in [5.74, 6) is -0.0232. The lowest BCUT2D eigenvalue weighted by atomic mass is 10.0. The van der Waals surface area contributed by atoms with Gasteiger partial charge in [0.25, 0.3) is 5.91 Å². The smallest absolute Gasteiger partial charge is 0.255 e. The number of anilines is 1. The van der Waals surface area contributed by atoms with E-state index in [0.717, 1.165) is 11.1 Å². The first-order valence-corrected chi connectivity index (χ1v) is 10.9. The second kappa shape index (κ2) is 10.2. The van der Waals surface area contributed by atoms with Crippen LogP contribution in [-0.4, -0.2) is 42.3 Å². The number of nitrogens with one attached hydrogen (secondary N) is 2. The maximum absolute atomic E-state index is 12.9. The number of carbonyl (C=O) groups excluding carboxylic acids is 2. The Bertz CT molecular complexity index is 1100. The van der Waals surface area contributed by atoms with Crippen LogP contribution in [0.5, 0.6) is 11.5 Å². The van der Waals surface area contributed by atoms with Crippen LogP contribution in [0.4, 0.5) is 5.13 Å². The molecular formula is C23H26N4O4S. The molecule has 3 aromatic rings. The van der Waals surface area contributed by atoms with Crippen molar-refractivity contribution in [1.29, 1.82) is 0 Å². The number of benzene rings is 2. The van der Waals surface area contributed by atoms with Crippen molar-refractivity contribution in [3.63, 3.8) is 0 Å². The summed E-state index contributed by atoms with van der Waals surface area (Å²) in [6.07, 6.45) is 0. The van der Waals surface area contributed by atoms with Gasteiger partial charge in [0.1, 0.15) is 22.5 Å². The monoisotopic (exact) mass is 454 g/mol. The van der Waals surface area contributed by atoms with Crippen molar-refractivity contribution in [2.45, 2.75) is 26.8 Å². The van der Waals surface area contributed by atoms with Gasteiger partial charge in [-0.15, -0.1) is 10.2 Å². The fourth-order valence-electron chi connectivity index (χ4n) is 3.01. The molecule has 1 aromatic heterocycles. The average Bonchev–Trinajstić information content (AvgIpc) is 3.25. The number of aromatic nitrogens is 2. The fraction of sp³-hybridized carbons (Fsp3) is 0.304. The molecule has 1 atom stereocenters. The number of carbonyl (C=O) groups is 2. The van der Waals surface area contributed by atoms with Crippen LogP contribution in [0.2, 0.25) is 0 Å². The zero-order valence-electron chi connectivity index (χ0n) is 18.6. The zero-order chi connectivity index (χ0) is 23.3. The topological polar surface area (TPSA) is 102 Å². The molecule has 2 N–H and O–H groups in total.